The van der Waals surface area contributed by atoms with E-state index in [-0.39, 0.29) is 19.1 Å². The van der Waals surface area contributed by atoms with Gasteiger partial charge in [-0.1, -0.05) is 5.16 Å². The molecule has 0 unspecified atom stereocenters. The monoisotopic (exact) mass is 379 g/mol. The number of benzene rings is 1. The molecule has 0 fully saturated rings. The maximum atomic E-state index is 12.2. The maximum absolute atomic E-state index is 12.2. The molecular weight excluding hydrogens is 366 g/mol. The minimum Gasteiger partial charge on any atom is -0.463 e. The number of ether oxygens (including phenoxy) is 3. The number of carbonyl (C=O) groups is 1. The zero-order valence-corrected chi connectivity index (χ0v) is 14.4. The number of carbonyl (C=O) groups excluding carboxylic acids is 1. The van der Waals surface area contributed by atoms with E-state index < -0.39 is 5.97 Å². The van der Waals surface area contributed by atoms with Gasteiger partial charge in [0.1, 0.15) is 23.7 Å². The molecule has 0 aliphatic carbocycles. The second kappa shape index (κ2) is 6.62. The normalized spacial score (nSPS) is 12.3. The van der Waals surface area contributed by atoms with Crippen molar-refractivity contribution in [3.63, 3.8) is 0 Å². The van der Waals surface area contributed by atoms with Crippen LogP contribution in [0.2, 0.25) is 0 Å². The van der Waals surface area contributed by atoms with Gasteiger partial charge in [-0.25, -0.2) is 4.79 Å². The smallest absolute Gasteiger partial charge is 0.356 e. The van der Waals surface area contributed by atoms with Crippen LogP contribution in [-0.4, -0.2) is 28.1 Å². The zero-order valence-electron chi connectivity index (χ0n) is 14.4. The standard InChI is InChI=1S/C19H13N3O6/c23-19(14-8-13(20-21-14)15-2-1-5-24-15)25-9-12-7-17(28-22-12)11-3-4-16-18(6-11)27-10-26-16/h1-8H,9-10H2,(H,20,21). The number of aromatic nitrogens is 3. The van der Waals surface area contributed by atoms with Gasteiger partial charge >= 0.3 is 5.97 Å². The van der Waals surface area contributed by atoms with E-state index in [1.165, 1.54) is 6.26 Å². The molecule has 9 nitrogen and oxygen atoms in total. The molecule has 4 aromatic rings. The lowest BCUT2D eigenvalue weighted by atomic mass is 10.1. The number of rotatable bonds is 5. The van der Waals surface area contributed by atoms with E-state index in [9.17, 15) is 4.79 Å². The number of aromatic amines is 1. The molecule has 0 radical (unpaired) electrons. The van der Waals surface area contributed by atoms with Gasteiger partial charge in [-0.2, -0.15) is 5.10 Å². The Kier molecular flexibility index (Phi) is 3.82. The number of nitrogens with zero attached hydrogens (tertiary/aromatic N) is 2. The molecule has 1 aliphatic heterocycles. The molecule has 9 heteroatoms. The molecule has 0 bridgehead atoms. The molecule has 0 spiro atoms. The van der Waals surface area contributed by atoms with Gasteiger partial charge in [-0.15, -0.1) is 0 Å². The first kappa shape index (κ1) is 16.2. The van der Waals surface area contributed by atoms with Crippen molar-refractivity contribution in [1.82, 2.24) is 15.4 Å². The first-order valence-electron chi connectivity index (χ1n) is 8.38. The van der Waals surface area contributed by atoms with E-state index in [1.54, 1.807) is 36.4 Å². The lowest BCUT2D eigenvalue weighted by Gasteiger charge is -1.99. The summed E-state index contributed by atoms with van der Waals surface area (Å²) in [5, 5.41) is 10.6. The topological polar surface area (TPSA) is 113 Å². The molecule has 3 aromatic heterocycles. The van der Waals surface area contributed by atoms with Crippen molar-refractivity contribution in [2.45, 2.75) is 6.61 Å². The summed E-state index contributed by atoms with van der Waals surface area (Å²) in [6.45, 7) is 0.160. The van der Waals surface area contributed by atoms with Gasteiger partial charge in [-0.3, -0.25) is 5.10 Å². The van der Waals surface area contributed by atoms with Crippen LogP contribution in [0.15, 0.2) is 57.7 Å². The van der Waals surface area contributed by atoms with Gasteiger partial charge in [-0.05, 0) is 30.3 Å². The van der Waals surface area contributed by atoms with Crippen molar-refractivity contribution in [3.05, 3.63) is 60.1 Å². The number of esters is 1. The van der Waals surface area contributed by atoms with Crippen LogP contribution in [0.3, 0.4) is 0 Å². The highest BCUT2D eigenvalue weighted by Gasteiger charge is 2.17. The summed E-state index contributed by atoms with van der Waals surface area (Å²) in [6.07, 6.45) is 1.53. The average Bonchev–Trinajstić information content (AvgIpc) is 3.51. The van der Waals surface area contributed by atoms with Crippen molar-refractivity contribution in [3.8, 4) is 34.3 Å². The fraction of sp³-hybridized carbons (Fsp3) is 0.105. The lowest BCUT2D eigenvalue weighted by molar-refractivity contribution is 0.0457. The van der Waals surface area contributed by atoms with Gasteiger partial charge < -0.3 is 23.2 Å². The predicted molar refractivity (Wildman–Crippen MR) is 93.5 cm³/mol. The second-order valence-corrected chi connectivity index (χ2v) is 5.97. The number of fused-ring (bicyclic) bond motifs is 1. The van der Waals surface area contributed by atoms with Gasteiger partial charge in [0.05, 0.1) is 6.26 Å². The minimum absolute atomic E-state index is 0.0397. The predicted octanol–water partition coefficient (Wildman–Crippen LogP) is 3.41. The summed E-state index contributed by atoms with van der Waals surface area (Å²) in [7, 11) is 0. The first-order valence-corrected chi connectivity index (χ1v) is 8.38. The minimum atomic E-state index is -0.557. The van der Waals surface area contributed by atoms with E-state index >= 15 is 0 Å². The number of furan rings is 1. The summed E-state index contributed by atoms with van der Waals surface area (Å²) in [4.78, 5) is 12.2. The van der Waals surface area contributed by atoms with Crippen LogP contribution in [-0.2, 0) is 11.3 Å². The first-order chi connectivity index (χ1) is 13.8. The Labute approximate surface area is 157 Å². The van der Waals surface area contributed by atoms with Crippen LogP contribution >= 0.6 is 0 Å². The molecule has 1 N–H and O–H groups in total. The molecule has 0 saturated carbocycles. The molecular formula is C19H13N3O6. The third-order valence-corrected chi connectivity index (χ3v) is 4.14. The van der Waals surface area contributed by atoms with E-state index in [0.717, 1.165) is 5.56 Å². The average molecular weight is 379 g/mol. The molecule has 5 rings (SSSR count). The Hall–Kier alpha value is -4.01. The van der Waals surface area contributed by atoms with E-state index in [4.69, 9.17) is 23.2 Å². The quantitative estimate of drug-likeness (QED) is 0.525. The molecule has 4 heterocycles. The summed E-state index contributed by atoms with van der Waals surface area (Å²) in [6, 6.07) is 12.2. The SMILES string of the molecule is O=C(OCc1cc(-c2ccc3c(c2)OCO3)on1)c1cc(-c2ccco2)n[nH]1. The van der Waals surface area contributed by atoms with Crippen molar-refractivity contribution in [1.29, 1.82) is 0 Å². The largest absolute Gasteiger partial charge is 0.463 e. The number of hydrogen-bond donors (Lipinski definition) is 1. The third-order valence-electron chi connectivity index (χ3n) is 4.14. The second-order valence-electron chi connectivity index (χ2n) is 5.97. The zero-order chi connectivity index (χ0) is 18.9. The van der Waals surface area contributed by atoms with Crippen LogP contribution in [0.1, 0.15) is 16.2 Å². The molecule has 0 saturated heterocycles. The molecule has 1 aliphatic rings. The fourth-order valence-electron chi connectivity index (χ4n) is 2.76. The highest BCUT2D eigenvalue weighted by atomic mass is 16.7. The Balaban J connectivity index is 1.24. The Bertz CT molecular complexity index is 1130. The number of nitrogens with one attached hydrogen (secondary N) is 1. The van der Waals surface area contributed by atoms with E-state index in [0.29, 0.717) is 34.4 Å². The molecule has 140 valence electrons. The van der Waals surface area contributed by atoms with Crippen LogP contribution in [0.25, 0.3) is 22.8 Å². The summed E-state index contributed by atoms with van der Waals surface area (Å²) in [5.41, 5.74) is 1.99. The Morgan fingerprint density at radius 3 is 2.93 bits per heavy atom. The van der Waals surface area contributed by atoms with E-state index in [1.807, 2.05) is 6.07 Å². The van der Waals surface area contributed by atoms with Crippen molar-refractivity contribution in [2.24, 2.45) is 0 Å². The Morgan fingerprint density at radius 2 is 2.04 bits per heavy atom. The van der Waals surface area contributed by atoms with Crippen LogP contribution in [0.5, 0.6) is 11.5 Å². The fourth-order valence-corrected chi connectivity index (χ4v) is 2.76. The maximum Gasteiger partial charge on any atom is 0.356 e. The highest BCUT2D eigenvalue weighted by Crippen LogP contribution is 2.36. The summed E-state index contributed by atoms with van der Waals surface area (Å²) in [5.74, 6) is 1.86. The van der Waals surface area contributed by atoms with Gasteiger partial charge in [0, 0.05) is 17.7 Å². The molecule has 0 amide bonds. The van der Waals surface area contributed by atoms with Crippen LogP contribution in [0.4, 0.5) is 0 Å². The highest BCUT2D eigenvalue weighted by molar-refractivity contribution is 5.88. The van der Waals surface area contributed by atoms with Gasteiger partial charge in [0.25, 0.3) is 0 Å². The van der Waals surface area contributed by atoms with E-state index in [2.05, 4.69) is 15.4 Å². The van der Waals surface area contributed by atoms with Gasteiger partial charge in [0.2, 0.25) is 6.79 Å². The summed E-state index contributed by atoms with van der Waals surface area (Å²) < 4.78 is 26.5. The number of hydrogen-bond acceptors (Lipinski definition) is 8. The molecule has 28 heavy (non-hydrogen) atoms. The van der Waals surface area contributed by atoms with Crippen LogP contribution in [0, 0.1) is 0 Å². The number of H-pyrrole nitrogens is 1. The molecule has 1 aromatic carbocycles. The Morgan fingerprint density at radius 1 is 1.11 bits per heavy atom. The van der Waals surface area contributed by atoms with Crippen molar-refractivity contribution in [2.75, 3.05) is 6.79 Å². The van der Waals surface area contributed by atoms with Crippen molar-refractivity contribution < 1.29 is 27.9 Å². The van der Waals surface area contributed by atoms with Crippen LogP contribution < -0.4 is 9.47 Å². The van der Waals surface area contributed by atoms with Gasteiger partial charge in [0.15, 0.2) is 23.0 Å². The lowest BCUT2D eigenvalue weighted by Crippen LogP contribution is -2.05. The third kappa shape index (κ3) is 2.98. The molecule has 0 atom stereocenters. The van der Waals surface area contributed by atoms with Crippen molar-refractivity contribution >= 4 is 5.97 Å². The summed E-state index contributed by atoms with van der Waals surface area (Å²) >= 11 is 0.